The van der Waals surface area contributed by atoms with E-state index in [4.69, 9.17) is 5.11 Å². The summed E-state index contributed by atoms with van der Waals surface area (Å²) in [6, 6.07) is 5.44. The standard InChI is InChI=1S/C18H25N5O2/c1-14(13-24)21-17-4-3-16(11-19-17)18(25)22-9-5-15(6-10-22)12-23-8-2-7-20-23/h2-4,7-8,11,14-15,24H,5-6,9-10,12-13H2,1H3,(H,19,21). The van der Waals surface area contributed by atoms with Gasteiger partial charge in [0.25, 0.3) is 5.91 Å². The predicted octanol–water partition coefficient (Wildman–Crippen LogP) is 1.62. The van der Waals surface area contributed by atoms with Gasteiger partial charge in [0.15, 0.2) is 0 Å². The molecule has 7 nitrogen and oxygen atoms in total. The van der Waals surface area contributed by atoms with E-state index < -0.39 is 0 Å². The van der Waals surface area contributed by atoms with Gasteiger partial charge in [0.05, 0.1) is 12.2 Å². The van der Waals surface area contributed by atoms with E-state index in [0.717, 1.165) is 32.5 Å². The lowest BCUT2D eigenvalue weighted by atomic mass is 9.96. The van der Waals surface area contributed by atoms with Crippen LogP contribution in [0.1, 0.15) is 30.1 Å². The predicted molar refractivity (Wildman–Crippen MR) is 95.3 cm³/mol. The van der Waals surface area contributed by atoms with Gasteiger partial charge in [-0.15, -0.1) is 0 Å². The number of amides is 1. The minimum absolute atomic E-state index is 0.0341. The van der Waals surface area contributed by atoms with Crippen LogP contribution in [0.2, 0.25) is 0 Å². The number of aliphatic hydroxyl groups is 1. The highest BCUT2D eigenvalue weighted by Gasteiger charge is 2.24. The zero-order valence-corrected chi connectivity index (χ0v) is 14.5. The summed E-state index contributed by atoms with van der Waals surface area (Å²) in [7, 11) is 0. The number of aliphatic hydroxyl groups excluding tert-OH is 1. The Balaban J connectivity index is 1.52. The maximum Gasteiger partial charge on any atom is 0.255 e. The van der Waals surface area contributed by atoms with Crippen molar-refractivity contribution in [3.8, 4) is 0 Å². The summed E-state index contributed by atoms with van der Waals surface area (Å²) >= 11 is 0. The highest BCUT2D eigenvalue weighted by molar-refractivity contribution is 5.94. The van der Waals surface area contributed by atoms with E-state index in [0.29, 0.717) is 17.3 Å². The SMILES string of the molecule is CC(CO)Nc1ccc(C(=O)N2CCC(Cn3cccn3)CC2)cn1. The van der Waals surface area contributed by atoms with Crippen molar-refractivity contribution in [1.29, 1.82) is 0 Å². The quantitative estimate of drug-likeness (QED) is 0.833. The third-order valence-electron chi connectivity index (χ3n) is 4.58. The molecule has 134 valence electrons. The van der Waals surface area contributed by atoms with Crippen LogP contribution >= 0.6 is 0 Å². The number of piperidine rings is 1. The van der Waals surface area contributed by atoms with E-state index in [-0.39, 0.29) is 18.6 Å². The number of hydrogen-bond donors (Lipinski definition) is 2. The first-order valence-corrected chi connectivity index (χ1v) is 8.76. The lowest BCUT2D eigenvalue weighted by molar-refractivity contribution is 0.0681. The van der Waals surface area contributed by atoms with Crippen molar-refractivity contribution >= 4 is 11.7 Å². The molecule has 25 heavy (non-hydrogen) atoms. The molecule has 7 heteroatoms. The van der Waals surface area contributed by atoms with Crippen LogP contribution in [-0.2, 0) is 6.54 Å². The highest BCUT2D eigenvalue weighted by Crippen LogP contribution is 2.20. The van der Waals surface area contributed by atoms with Gasteiger partial charge in [-0.2, -0.15) is 5.10 Å². The number of rotatable bonds is 6. The minimum atomic E-state index is -0.0668. The zero-order chi connectivity index (χ0) is 17.6. The van der Waals surface area contributed by atoms with Crippen LogP contribution in [0.25, 0.3) is 0 Å². The molecule has 0 aromatic carbocycles. The van der Waals surface area contributed by atoms with Crippen LogP contribution in [0.4, 0.5) is 5.82 Å². The first-order chi connectivity index (χ1) is 12.2. The monoisotopic (exact) mass is 343 g/mol. The molecule has 0 bridgehead atoms. The molecule has 1 aliphatic heterocycles. The Morgan fingerprint density at radius 1 is 1.40 bits per heavy atom. The lowest BCUT2D eigenvalue weighted by Crippen LogP contribution is -2.39. The first kappa shape index (κ1) is 17.4. The summed E-state index contributed by atoms with van der Waals surface area (Å²) < 4.78 is 1.96. The molecule has 1 atom stereocenters. The normalized spacial score (nSPS) is 16.6. The third kappa shape index (κ3) is 4.57. The molecule has 1 aliphatic rings. The number of anilines is 1. The largest absolute Gasteiger partial charge is 0.394 e. The molecule has 1 saturated heterocycles. The number of carbonyl (C=O) groups excluding carboxylic acids is 1. The van der Waals surface area contributed by atoms with Crippen LogP contribution in [-0.4, -0.2) is 56.4 Å². The number of hydrogen-bond acceptors (Lipinski definition) is 5. The van der Waals surface area contributed by atoms with E-state index >= 15 is 0 Å². The van der Waals surface area contributed by atoms with Crippen molar-refractivity contribution in [3.05, 3.63) is 42.4 Å². The number of pyridine rings is 1. The molecule has 1 amide bonds. The van der Waals surface area contributed by atoms with Crippen molar-refractivity contribution in [1.82, 2.24) is 19.7 Å². The van der Waals surface area contributed by atoms with Gasteiger partial charge in [0.2, 0.25) is 0 Å². The van der Waals surface area contributed by atoms with Crippen LogP contribution in [0.15, 0.2) is 36.8 Å². The fourth-order valence-corrected chi connectivity index (χ4v) is 3.08. The van der Waals surface area contributed by atoms with Gasteiger partial charge < -0.3 is 15.3 Å². The Kier molecular flexibility index (Phi) is 5.65. The smallest absolute Gasteiger partial charge is 0.255 e. The summed E-state index contributed by atoms with van der Waals surface area (Å²) in [5, 5.41) is 16.4. The Labute approximate surface area is 147 Å². The maximum absolute atomic E-state index is 12.6. The fraction of sp³-hybridized carbons (Fsp3) is 0.500. The third-order valence-corrected chi connectivity index (χ3v) is 4.58. The van der Waals surface area contributed by atoms with Crippen molar-refractivity contribution < 1.29 is 9.90 Å². The van der Waals surface area contributed by atoms with E-state index in [1.54, 1.807) is 24.5 Å². The summed E-state index contributed by atoms with van der Waals surface area (Å²) in [6.07, 6.45) is 7.37. The maximum atomic E-state index is 12.6. The van der Waals surface area contributed by atoms with Gasteiger partial charge in [-0.1, -0.05) is 0 Å². The van der Waals surface area contributed by atoms with Gasteiger partial charge in [0.1, 0.15) is 5.82 Å². The number of nitrogens with zero attached hydrogens (tertiary/aromatic N) is 4. The summed E-state index contributed by atoms with van der Waals surface area (Å²) in [5.74, 6) is 1.26. The Bertz CT molecular complexity index is 663. The summed E-state index contributed by atoms with van der Waals surface area (Å²) in [5.41, 5.74) is 0.604. The molecule has 3 heterocycles. The first-order valence-electron chi connectivity index (χ1n) is 8.76. The van der Waals surface area contributed by atoms with E-state index in [1.807, 2.05) is 28.8 Å². The molecule has 2 N–H and O–H groups in total. The summed E-state index contributed by atoms with van der Waals surface area (Å²) in [4.78, 5) is 18.8. The van der Waals surface area contributed by atoms with Crippen LogP contribution in [0, 0.1) is 5.92 Å². The Morgan fingerprint density at radius 3 is 2.80 bits per heavy atom. The van der Waals surface area contributed by atoms with E-state index in [9.17, 15) is 4.79 Å². The molecule has 0 radical (unpaired) electrons. The molecule has 1 unspecified atom stereocenters. The second kappa shape index (κ2) is 8.11. The average Bonchev–Trinajstić information content (AvgIpc) is 3.15. The van der Waals surface area contributed by atoms with Gasteiger partial charge in [0, 0.05) is 44.3 Å². The molecule has 2 aromatic rings. The van der Waals surface area contributed by atoms with Crippen molar-refractivity contribution in [3.63, 3.8) is 0 Å². The molecular formula is C18H25N5O2. The van der Waals surface area contributed by atoms with Crippen LogP contribution in [0.3, 0.4) is 0 Å². The highest BCUT2D eigenvalue weighted by atomic mass is 16.3. The summed E-state index contributed by atoms with van der Waals surface area (Å²) in [6.45, 7) is 4.36. The fourth-order valence-electron chi connectivity index (χ4n) is 3.08. The van der Waals surface area contributed by atoms with Crippen molar-refractivity contribution in [2.75, 3.05) is 25.0 Å². The minimum Gasteiger partial charge on any atom is -0.394 e. The molecule has 2 aromatic heterocycles. The van der Waals surface area contributed by atoms with E-state index in [1.165, 1.54) is 0 Å². The molecular weight excluding hydrogens is 318 g/mol. The molecule has 3 rings (SSSR count). The van der Waals surface area contributed by atoms with Gasteiger partial charge in [-0.3, -0.25) is 9.48 Å². The van der Waals surface area contributed by atoms with Gasteiger partial charge >= 0.3 is 0 Å². The molecule has 0 saturated carbocycles. The van der Waals surface area contributed by atoms with E-state index in [2.05, 4.69) is 15.4 Å². The van der Waals surface area contributed by atoms with Crippen LogP contribution in [0.5, 0.6) is 0 Å². The lowest BCUT2D eigenvalue weighted by Gasteiger charge is -2.32. The topological polar surface area (TPSA) is 83.3 Å². The molecule has 0 spiro atoms. The zero-order valence-electron chi connectivity index (χ0n) is 14.5. The second-order valence-electron chi connectivity index (χ2n) is 6.62. The Hall–Kier alpha value is -2.41. The molecule has 1 fully saturated rings. The number of aromatic nitrogens is 3. The van der Waals surface area contributed by atoms with Crippen molar-refractivity contribution in [2.24, 2.45) is 5.92 Å². The Morgan fingerprint density at radius 2 is 2.20 bits per heavy atom. The van der Waals surface area contributed by atoms with Crippen LogP contribution < -0.4 is 5.32 Å². The van der Waals surface area contributed by atoms with Crippen molar-refractivity contribution in [2.45, 2.75) is 32.4 Å². The molecule has 0 aliphatic carbocycles. The van der Waals surface area contributed by atoms with Gasteiger partial charge in [-0.25, -0.2) is 4.98 Å². The number of nitrogens with one attached hydrogen (secondary N) is 1. The number of likely N-dealkylation sites (tertiary alicyclic amines) is 1. The second-order valence-corrected chi connectivity index (χ2v) is 6.62. The number of carbonyl (C=O) groups is 1. The average molecular weight is 343 g/mol. The van der Waals surface area contributed by atoms with Gasteiger partial charge in [-0.05, 0) is 43.9 Å².